The van der Waals surface area contributed by atoms with Crippen LogP contribution in [0.1, 0.15) is 21.5 Å². The Hall–Kier alpha value is -3.13. The maximum atomic E-state index is 12.2. The molecule has 7 nitrogen and oxygen atoms in total. The van der Waals surface area contributed by atoms with Crippen LogP contribution >= 0.6 is 11.8 Å². The lowest BCUT2D eigenvalue weighted by Crippen LogP contribution is -2.18. The van der Waals surface area contributed by atoms with E-state index in [0.29, 0.717) is 16.9 Å². The fourth-order valence-corrected chi connectivity index (χ4v) is 3.34. The van der Waals surface area contributed by atoms with Gasteiger partial charge in [-0.05, 0) is 42.8 Å². The highest BCUT2D eigenvalue weighted by Crippen LogP contribution is 2.24. The van der Waals surface area contributed by atoms with Crippen LogP contribution in [0.2, 0.25) is 0 Å². The molecule has 2 N–H and O–H groups in total. The summed E-state index contributed by atoms with van der Waals surface area (Å²) in [4.78, 5) is 47.2. The molecule has 150 valence electrons. The van der Waals surface area contributed by atoms with Crippen LogP contribution in [0.25, 0.3) is 0 Å². The van der Waals surface area contributed by atoms with E-state index in [1.165, 1.54) is 0 Å². The van der Waals surface area contributed by atoms with E-state index in [1.807, 2.05) is 31.2 Å². The Morgan fingerprint density at radius 1 is 1.10 bits per heavy atom. The van der Waals surface area contributed by atoms with Crippen LogP contribution in [0.4, 0.5) is 11.4 Å². The number of carbonyl (C=O) groups excluding carboxylic acids is 4. The number of amides is 2. The highest BCUT2D eigenvalue weighted by molar-refractivity contribution is 8.00. The van der Waals surface area contributed by atoms with Crippen molar-refractivity contribution in [1.29, 1.82) is 0 Å². The van der Waals surface area contributed by atoms with Gasteiger partial charge < -0.3 is 15.4 Å². The SMILES string of the molecule is Cc1ccc(NC(=O)CSCC(=O)OCC(=O)c2ccc3c(c2)CC(=O)N3)cc1. The number of anilines is 2. The third-order valence-corrected chi connectivity index (χ3v) is 5.11. The molecule has 0 atom stereocenters. The van der Waals surface area contributed by atoms with Crippen molar-refractivity contribution in [1.82, 2.24) is 0 Å². The average molecular weight is 412 g/mol. The van der Waals surface area contributed by atoms with Crippen LogP contribution in [0.15, 0.2) is 42.5 Å². The monoisotopic (exact) mass is 412 g/mol. The molecule has 2 amide bonds. The first kappa shape index (κ1) is 20.6. The third-order valence-electron chi connectivity index (χ3n) is 4.20. The molecule has 0 radical (unpaired) electrons. The predicted molar refractivity (Wildman–Crippen MR) is 111 cm³/mol. The molecule has 0 bridgehead atoms. The number of thioether (sulfide) groups is 1. The first-order chi connectivity index (χ1) is 13.9. The van der Waals surface area contributed by atoms with Crippen molar-refractivity contribution in [3.05, 3.63) is 59.2 Å². The number of rotatable bonds is 8. The second kappa shape index (κ2) is 9.38. The zero-order chi connectivity index (χ0) is 20.8. The topological polar surface area (TPSA) is 102 Å². The van der Waals surface area contributed by atoms with Crippen LogP contribution in [0, 0.1) is 6.92 Å². The quantitative estimate of drug-likeness (QED) is 0.510. The number of benzene rings is 2. The van der Waals surface area contributed by atoms with Gasteiger partial charge in [-0.15, -0.1) is 11.8 Å². The summed E-state index contributed by atoms with van der Waals surface area (Å²) in [5, 5.41) is 5.44. The average Bonchev–Trinajstić information content (AvgIpc) is 3.07. The summed E-state index contributed by atoms with van der Waals surface area (Å²) in [6, 6.07) is 12.3. The Kier molecular flexibility index (Phi) is 6.66. The Morgan fingerprint density at radius 3 is 2.62 bits per heavy atom. The standard InChI is InChI=1S/C21H20N2O5S/c1-13-2-5-16(6-3-13)22-20(26)11-29-12-21(27)28-10-18(24)14-4-7-17-15(8-14)9-19(25)23-17/h2-8H,9-12H2,1H3,(H,22,26)(H,23,25). The minimum absolute atomic E-state index is 0.0305. The minimum Gasteiger partial charge on any atom is -0.457 e. The van der Waals surface area contributed by atoms with E-state index in [0.717, 1.165) is 22.9 Å². The lowest BCUT2D eigenvalue weighted by atomic mass is 10.1. The highest BCUT2D eigenvalue weighted by atomic mass is 32.2. The third kappa shape index (κ3) is 5.92. The number of ether oxygens (including phenoxy) is 1. The number of hydrogen-bond acceptors (Lipinski definition) is 6. The van der Waals surface area contributed by atoms with Gasteiger partial charge >= 0.3 is 5.97 Å². The first-order valence-corrected chi connectivity index (χ1v) is 10.1. The van der Waals surface area contributed by atoms with E-state index in [4.69, 9.17) is 4.74 Å². The number of aryl methyl sites for hydroxylation is 1. The summed E-state index contributed by atoms with van der Waals surface area (Å²) in [5.41, 5.74) is 3.63. The number of nitrogens with one attached hydrogen (secondary N) is 2. The van der Waals surface area contributed by atoms with Crippen LogP contribution in [0.5, 0.6) is 0 Å². The Bertz CT molecular complexity index is 956. The number of Topliss-reactive ketones (excluding diaryl/α,β-unsaturated/α-hetero) is 1. The van der Waals surface area contributed by atoms with Crippen molar-refractivity contribution < 1.29 is 23.9 Å². The van der Waals surface area contributed by atoms with Crippen LogP contribution < -0.4 is 10.6 Å². The van der Waals surface area contributed by atoms with Gasteiger partial charge in [-0.3, -0.25) is 19.2 Å². The largest absolute Gasteiger partial charge is 0.457 e. The zero-order valence-electron chi connectivity index (χ0n) is 15.8. The van der Waals surface area contributed by atoms with Gasteiger partial charge in [0.15, 0.2) is 12.4 Å². The molecule has 0 fully saturated rings. The predicted octanol–water partition coefficient (Wildman–Crippen LogP) is 2.59. The second-order valence-corrected chi connectivity index (χ2v) is 7.57. The fourth-order valence-electron chi connectivity index (χ4n) is 2.73. The van der Waals surface area contributed by atoms with Gasteiger partial charge in [0.25, 0.3) is 0 Å². The summed E-state index contributed by atoms with van der Waals surface area (Å²) in [6.07, 6.45) is 0.234. The van der Waals surface area contributed by atoms with Crippen molar-refractivity contribution in [3.8, 4) is 0 Å². The number of ketones is 1. The van der Waals surface area contributed by atoms with Gasteiger partial charge in [0, 0.05) is 16.9 Å². The smallest absolute Gasteiger partial charge is 0.316 e. The molecule has 0 aliphatic carbocycles. The van der Waals surface area contributed by atoms with Crippen LogP contribution in [0.3, 0.4) is 0 Å². The lowest BCUT2D eigenvalue weighted by Gasteiger charge is -2.07. The molecule has 0 aromatic heterocycles. The van der Waals surface area contributed by atoms with E-state index < -0.39 is 5.97 Å². The molecule has 0 saturated carbocycles. The molecular weight excluding hydrogens is 392 g/mol. The summed E-state index contributed by atoms with van der Waals surface area (Å²) >= 11 is 1.11. The van der Waals surface area contributed by atoms with Gasteiger partial charge in [0.2, 0.25) is 11.8 Å². The molecule has 2 aromatic rings. The number of esters is 1. The molecule has 2 aromatic carbocycles. The summed E-state index contributed by atoms with van der Waals surface area (Å²) in [5.74, 6) is -1.17. The molecule has 3 rings (SSSR count). The number of carbonyl (C=O) groups is 4. The molecule has 1 aliphatic rings. The van der Waals surface area contributed by atoms with Gasteiger partial charge in [-0.1, -0.05) is 17.7 Å². The highest BCUT2D eigenvalue weighted by Gasteiger charge is 2.19. The summed E-state index contributed by atoms with van der Waals surface area (Å²) < 4.78 is 4.99. The normalized spacial score (nSPS) is 12.1. The molecule has 0 saturated heterocycles. The maximum Gasteiger partial charge on any atom is 0.316 e. The Morgan fingerprint density at radius 2 is 1.86 bits per heavy atom. The van der Waals surface area contributed by atoms with Crippen LogP contribution in [-0.4, -0.2) is 41.7 Å². The summed E-state index contributed by atoms with van der Waals surface area (Å²) in [6.45, 7) is 1.58. The molecule has 8 heteroatoms. The van der Waals surface area contributed by atoms with E-state index in [1.54, 1.807) is 18.2 Å². The minimum atomic E-state index is -0.565. The van der Waals surface area contributed by atoms with E-state index >= 15 is 0 Å². The van der Waals surface area contributed by atoms with Gasteiger partial charge in [0.1, 0.15) is 0 Å². The van der Waals surface area contributed by atoms with Gasteiger partial charge in [-0.2, -0.15) is 0 Å². The van der Waals surface area contributed by atoms with Gasteiger partial charge in [0.05, 0.1) is 17.9 Å². The van der Waals surface area contributed by atoms with Gasteiger partial charge in [-0.25, -0.2) is 0 Å². The molecule has 0 unspecified atom stereocenters. The van der Waals surface area contributed by atoms with Crippen molar-refractivity contribution in [3.63, 3.8) is 0 Å². The molecule has 1 heterocycles. The zero-order valence-corrected chi connectivity index (χ0v) is 16.6. The van der Waals surface area contributed by atoms with E-state index in [-0.39, 0.29) is 42.1 Å². The maximum absolute atomic E-state index is 12.2. The summed E-state index contributed by atoms with van der Waals surface area (Å²) in [7, 11) is 0. The van der Waals surface area contributed by atoms with E-state index in [9.17, 15) is 19.2 Å². The van der Waals surface area contributed by atoms with Crippen LogP contribution in [-0.2, 0) is 25.5 Å². The van der Waals surface area contributed by atoms with Crippen molar-refractivity contribution in [2.75, 3.05) is 28.7 Å². The molecular formula is C21H20N2O5S. The van der Waals surface area contributed by atoms with E-state index in [2.05, 4.69) is 10.6 Å². The molecule has 0 spiro atoms. The molecule has 29 heavy (non-hydrogen) atoms. The number of hydrogen-bond donors (Lipinski definition) is 2. The Labute approximate surface area is 172 Å². The molecule has 1 aliphatic heterocycles. The first-order valence-electron chi connectivity index (χ1n) is 8.96. The second-order valence-electron chi connectivity index (χ2n) is 6.59. The number of fused-ring (bicyclic) bond motifs is 1. The Balaban J connectivity index is 1.37. The van der Waals surface area contributed by atoms with Crippen molar-refractivity contribution in [2.45, 2.75) is 13.3 Å². The van der Waals surface area contributed by atoms with Crippen molar-refractivity contribution >= 4 is 46.7 Å². The fraction of sp³-hybridized carbons (Fsp3) is 0.238. The lowest BCUT2D eigenvalue weighted by molar-refractivity contribution is -0.139. The van der Waals surface area contributed by atoms with Crippen molar-refractivity contribution in [2.24, 2.45) is 0 Å².